The zero-order chi connectivity index (χ0) is 15.5. The predicted octanol–water partition coefficient (Wildman–Crippen LogP) is 1.61. The lowest BCUT2D eigenvalue weighted by Crippen LogP contribution is -2.48. The van der Waals surface area contributed by atoms with Gasteiger partial charge in [-0.25, -0.2) is 8.42 Å². The van der Waals surface area contributed by atoms with Crippen molar-refractivity contribution in [1.82, 2.24) is 9.21 Å². The van der Waals surface area contributed by atoms with E-state index in [1.54, 1.807) is 12.1 Å². The lowest BCUT2D eigenvalue weighted by molar-refractivity contribution is 0.101. The summed E-state index contributed by atoms with van der Waals surface area (Å²) in [6.07, 6.45) is 1.08. The molecule has 0 saturated carbocycles. The molecule has 1 aromatic rings. The van der Waals surface area contributed by atoms with Crippen LogP contribution in [-0.4, -0.2) is 56.1 Å². The van der Waals surface area contributed by atoms with E-state index in [1.165, 1.54) is 23.4 Å². The van der Waals surface area contributed by atoms with Gasteiger partial charge in [0.1, 0.15) is 0 Å². The summed E-state index contributed by atoms with van der Waals surface area (Å²) >= 11 is 0. The van der Waals surface area contributed by atoms with Crippen LogP contribution in [-0.2, 0) is 10.0 Å². The number of ketones is 1. The van der Waals surface area contributed by atoms with Crippen molar-refractivity contribution in [2.45, 2.75) is 25.2 Å². The molecule has 1 saturated heterocycles. The molecule has 1 aliphatic heterocycles. The third-order valence-corrected chi connectivity index (χ3v) is 5.68. The van der Waals surface area contributed by atoms with Crippen LogP contribution in [0.15, 0.2) is 29.2 Å². The Labute approximate surface area is 126 Å². The number of hydrogen-bond donors (Lipinski definition) is 0. The van der Waals surface area contributed by atoms with Crippen molar-refractivity contribution in [1.29, 1.82) is 0 Å². The number of sulfonamides is 1. The van der Waals surface area contributed by atoms with Crippen LogP contribution in [0.4, 0.5) is 0 Å². The second kappa shape index (κ2) is 6.68. The van der Waals surface area contributed by atoms with Gasteiger partial charge in [-0.05, 0) is 32.0 Å². The summed E-state index contributed by atoms with van der Waals surface area (Å²) in [4.78, 5) is 13.8. The first-order chi connectivity index (χ1) is 9.95. The highest BCUT2D eigenvalue weighted by atomic mass is 32.2. The standard InChI is InChI=1S/C15H22N2O3S/c1-3-8-16-9-11-17(12-10-16)21(19,20)15-6-4-14(5-7-15)13(2)18/h4-7H,3,8-12H2,1-2H3. The van der Waals surface area contributed by atoms with E-state index in [2.05, 4.69) is 11.8 Å². The Hall–Kier alpha value is -1.24. The van der Waals surface area contributed by atoms with Crippen LogP contribution >= 0.6 is 0 Å². The molecule has 0 amide bonds. The maximum Gasteiger partial charge on any atom is 0.243 e. The van der Waals surface area contributed by atoms with Crippen LogP contribution < -0.4 is 0 Å². The van der Waals surface area contributed by atoms with Gasteiger partial charge < -0.3 is 4.90 Å². The third kappa shape index (κ3) is 3.70. The summed E-state index contributed by atoms with van der Waals surface area (Å²) in [6.45, 7) is 7.21. The molecule has 1 aliphatic rings. The second-order valence-corrected chi connectivity index (χ2v) is 7.26. The molecule has 1 heterocycles. The lowest BCUT2D eigenvalue weighted by Gasteiger charge is -2.33. The molecule has 0 N–H and O–H groups in total. The van der Waals surface area contributed by atoms with Crippen LogP contribution in [0, 0.1) is 0 Å². The molecule has 0 unspecified atom stereocenters. The number of rotatable bonds is 5. The zero-order valence-electron chi connectivity index (χ0n) is 12.6. The second-order valence-electron chi connectivity index (χ2n) is 5.33. The van der Waals surface area contributed by atoms with E-state index in [-0.39, 0.29) is 10.7 Å². The Morgan fingerprint density at radius 2 is 1.67 bits per heavy atom. The summed E-state index contributed by atoms with van der Waals surface area (Å²) in [5.74, 6) is -0.0628. The van der Waals surface area contributed by atoms with E-state index in [0.717, 1.165) is 26.1 Å². The summed E-state index contributed by atoms with van der Waals surface area (Å²) in [6, 6.07) is 6.18. The number of carbonyl (C=O) groups is 1. The Kier molecular flexibility index (Phi) is 5.13. The molecule has 116 valence electrons. The maximum atomic E-state index is 12.6. The van der Waals surface area contributed by atoms with Gasteiger partial charge in [-0.15, -0.1) is 0 Å². The van der Waals surface area contributed by atoms with Crippen molar-refractivity contribution in [2.75, 3.05) is 32.7 Å². The topological polar surface area (TPSA) is 57.7 Å². The molecule has 0 atom stereocenters. The van der Waals surface area contributed by atoms with Crippen LogP contribution in [0.1, 0.15) is 30.6 Å². The van der Waals surface area contributed by atoms with E-state index in [0.29, 0.717) is 18.7 Å². The maximum absolute atomic E-state index is 12.6. The van der Waals surface area contributed by atoms with E-state index in [1.807, 2.05) is 0 Å². The van der Waals surface area contributed by atoms with Crippen molar-refractivity contribution in [3.05, 3.63) is 29.8 Å². The average molecular weight is 310 g/mol. The van der Waals surface area contributed by atoms with Crippen LogP contribution in [0.5, 0.6) is 0 Å². The lowest BCUT2D eigenvalue weighted by atomic mass is 10.2. The number of carbonyl (C=O) groups excluding carboxylic acids is 1. The fourth-order valence-corrected chi connectivity index (χ4v) is 3.94. The largest absolute Gasteiger partial charge is 0.301 e. The molecule has 0 aromatic heterocycles. The molecule has 0 spiro atoms. The molecule has 0 radical (unpaired) electrons. The Bertz CT molecular complexity index is 588. The van der Waals surface area contributed by atoms with Gasteiger partial charge in [0.05, 0.1) is 4.90 Å². The summed E-state index contributed by atoms with van der Waals surface area (Å²) in [5.41, 5.74) is 0.529. The van der Waals surface area contributed by atoms with Crippen molar-refractivity contribution in [3.63, 3.8) is 0 Å². The number of hydrogen-bond acceptors (Lipinski definition) is 4. The van der Waals surface area contributed by atoms with Crippen molar-refractivity contribution >= 4 is 15.8 Å². The molecule has 0 aliphatic carbocycles. The first-order valence-corrected chi connectivity index (χ1v) is 8.72. The predicted molar refractivity (Wildman–Crippen MR) is 81.9 cm³/mol. The van der Waals surface area contributed by atoms with E-state index in [4.69, 9.17) is 0 Å². The minimum absolute atomic E-state index is 0.0628. The van der Waals surface area contributed by atoms with Crippen LogP contribution in [0.2, 0.25) is 0 Å². The zero-order valence-corrected chi connectivity index (χ0v) is 13.4. The SMILES string of the molecule is CCCN1CCN(S(=O)(=O)c2ccc(C(C)=O)cc2)CC1. The molecule has 21 heavy (non-hydrogen) atoms. The molecular formula is C15H22N2O3S. The van der Waals surface area contributed by atoms with Crippen molar-refractivity contribution < 1.29 is 13.2 Å². The van der Waals surface area contributed by atoms with E-state index in [9.17, 15) is 13.2 Å². The molecule has 1 aromatic carbocycles. The minimum atomic E-state index is -3.45. The Morgan fingerprint density at radius 1 is 1.10 bits per heavy atom. The van der Waals surface area contributed by atoms with E-state index >= 15 is 0 Å². The van der Waals surface area contributed by atoms with Gasteiger partial charge >= 0.3 is 0 Å². The van der Waals surface area contributed by atoms with Crippen molar-refractivity contribution in [3.8, 4) is 0 Å². The number of piperazine rings is 1. The normalized spacial score (nSPS) is 17.8. The van der Waals surface area contributed by atoms with E-state index < -0.39 is 10.0 Å². The quantitative estimate of drug-likeness (QED) is 0.775. The van der Waals surface area contributed by atoms with Crippen LogP contribution in [0.3, 0.4) is 0 Å². The molecule has 5 nitrogen and oxygen atoms in total. The summed E-state index contributed by atoms with van der Waals surface area (Å²) in [5, 5.41) is 0. The highest BCUT2D eigenvalue weighted by Gasteiger charge is 2.28. The number of benzene rings is 1. The fraction of sp³-hybridized carbons (Fsp3) is 0.533. The minimum Gasteiger partial charge on any atom is -0.301 e. The highest BCUT2D eigenvalue weighted by molar-refractivity contribution is 7.89. The monoisotopic (exact) mass is 310 g/mol. The number of Topliss-reactive ketones (excluding diaryl/α,β-unsaturated/α-hetero) is 1. The van der Waals surface area contributed by atoms with Gasteiger partial charge in [-0.3, -0.25) is 4.79 Å². The molecule has 6 heteroatoms. The first kappa shape index (κ1) is 16.1. The van der Waals surface area contributed by atoms with Gasteiger partial charge in [0.25, 0.3) is 0 Å². The van der Waals surface area contributed by atoms with Crippen molar-refractivity contribution in [2.24, 2.45) is 0 Å². The summed E-state index contributed by atoms with van der Waals surface area (Å²) in [7, 11) is -3.45. The smallest absolute Gasteiger partial charge is 0.243 e. The van der Waals surface area contributed by atoms with Gasteiger partial charge in [0.2, 0.25) is 10.0 Å². The van der Waals surface area contributed by atoms with Gasteiger partial charge in [-0.2, -0.15) is 4.31 Å². The van der Waals surface area contributed by atoms with Crippen LogP contribution in [0.25, 0.3) is 0 Å². The van der Waals surface area contributed by atoms with Gasteiger partial charge in [-0.1, -0.05) is 19.1 Å². The highest BCUT2D eigenvalue weighted by Crippen LogP contribution is 2.18. The molecule has 2 rings (SSSR count). The van der Waals surface area contributed by atoms with Gasteiger partial charge in [0.15, 0.2) is 5.78 Å². The number of nitrogens with zero attached hydrogens (tertiary/aromatic N) is 2. The fourth-order valence-electron chi connectivity index (χ4n) is 2.52. The molecule has 0 bridgehead atoms. The van der Waals surface area contributed by atoms with Gasteiger partial charge in [0, 0.05) is 31.7 Å². The molecule has 1 fully saturated rings. The Morgan fingerprint density at radius 3 is 2.14 bits per heavy atom. The first-order valence-electron chi connectivity index (χ1n) is 7.28. The molecular weight excluding hydrogens is 288 g/mol. The summed E-state index contributed by atoms with van der Waals surface area (Å²) < 4.78 is 26.6. The Balaban J connectivity index is 2.10. The average Bonchev–Trinajstić information content (AvgIpc) is 2.48. The third-order valence-electron chi connectivity index (χ3n) is 3.77.